The quantitative estimate of drug-likeness (QED) is 0.481. The number of para-hydroxylation sites is 1. The summed E-state index contributed by atoms with van der Waals surface area (Å²) in [6.45, 7) is 2.21. The molecule has 0 N–H and O–H groups in total. The van der Waals surface area contributed by atoms with Crippen molar-refractivity contribution in [3.05, 3.63) is 66.2 Å². The standard InChI is InChI=1S/C27H31N3O/c1-2-3-4-9-14-22-17-25-24(18-27(22,19-28)20-29)26(21-12-7-5-8-13-21)31-30(25)23-15-10-6-11-16-23/h5-8,10-13,15-16,22,24-26H,2-4,9,14,17-18H2,1H3/t22-,24+,25-,26-/m1/s1. The molecule has 4 nitrogen and oxygen atoms in total. The van der Waals surface area contributed by atoms with Crippen LogP contribution in [0.25, 0.3) is 0 Å². The van der Waals surface area contributed by atoms with E-state index in [0.29, 0.717) is 6.42 Å². The van der Waals surface area contributed by atoms with Crippen molar-refractivity contribution in [1.82, 2.24) is 0 Å². The molecule has 0 aromatic heterocycles. The van der Waals surface area contributed by atoms with Crippen molar-refractivity contribution in [1.29, 1.82) is 10.5 Å². The average Bonchev–Trinajstić information content (AvgIpc) is 3.20. The molecule has 160 valence electrons. The zero-order valence-corrected chi connectivity index (χ0v) is 18.3. The molecule has 2 aliphatic rings. The van der Waals surface area contributed by atoms with E-state index in [2.05, 4.69) is 48.4 Å². The minimum absolute atomic E-state index is 0.0740. The highest BCUT2D eigenvalue weighted by Crippen LogP contribution is 2.55. The largest absolute Gasteiger partial charge is 0.265 e. The summed E-state index contributed by atoms with van der Waals surface area (Å²) in [6.07, 6.45) is 6.81. The van der Waals surface area contributed by atoms with Crippen molar-refractivity contribution in [3.63, 3.8) is 0 Å². The number of nitriles is 2. The summed E-state index contributed by atoms with van der Waals surface area (Å²) >= 11 is 0. The predicted octanol–water partition coefficient (Wildman–Crippen LogP) is 6.58. The minimum Gasteiger partial charge on any atom is -0.265 e. The van der Waals surface area contributed by atoms with Crippen molar-refractivity contribution in [2.75, 3.05) is 5.06 Å². The maximum atomic E-state index is 10.1. The molecule has 4 heteroatoms. The molecule has 0 radical (unpaired) electrons. The molecular formula is C27H31N3O. The lowest BCUT2D eigenvalue weighted by Crippen LogP contribution is -2.45. The SMILES string of the molecule is CCCCCC[C@@H]1C[C@@H]2[C@H](CC1(C#N)C#N)[C@@H](c1ccccc1)ON2c1ccccc1. The van der Waals surface area contributed by atoms with Crippen LogP contribution in [0, 0.1) is 39.9 Å². The number of anilines is 1. The first kappa shape index (κ1) is 21.4. The van der Waals surface area contributed by atoms with E-state index in [1.54, 1.807) is 0 Å². The Morgan fingerprint density at radius 3 is 2.29 bits per heavy atom. The molecule has 31 heavy (non-hydrogen) atoms. The number of benzene rings is 2. The lowest BCUT2D eigenvalue weighted by Gasteiger charge is -2.42. The van der Waals surface area contributed by atoms with Gasteiger partial charge in [-0.2, -0.15) is 10.5 Å². The van der Waals surface area contributed by atoms with Crippen LogP contribution in [-0.4, -0.2) is 6.04 Å². The Balaban J connectivity index is 1.66. The second kappa shape index (κ2) is 9.54. The minimum atomic E-state index is -0.934. The monoisotopic (exact) mass is 413 g/mol. The van der Waals surface area contributed by atoms with Crippen LogP contribution in [0.1, 0.15) is 63.5 Å². The van der Waals surface area contributed by atoms with Gasteiger partial charge in [-0.25, -0.2) is 0 Å². The van der Waals surface area contributed by atoms with Gasteiger partial charge in [0.25, 0.3) is 0 Å². The van der Waals surface area contributed by atoms with Gasteiger partial charge in [0.2, 0.25) is 0 Å². The van der Waals surface area contributed by atoms with E-state index in [4.69, 9.17) is 4.84 Å². The smallest absolute Gasteiger partial charge is 0.147 e. The Hall–Kier alpha value is -2.82. The van der Waals surface area contributed by atoms with Crippen molar-refractivity contribution in [2.24, 2.45) is 17.3 Å². The van der Waals surface area contributed by atoms with Gasteiger partial charge in [-0.05, 0) is 42.9 Å². The highest BCUT2D eigenvalue weighted by atomic mass is 16.7. The molecule has 1 saturated carbocycles. The van der Waals surface area contributed by atoms with Crippen LogP contribution in [-0.2, 0) is 4.84 Å². The van der Waals surface area contributed by atoms with Crippen LogP contribution in [0.2, 0.25) is 0 Å². The molecule has 0 bridgehead atoms. The van der Waals surface area contributed by atoms with Crippen LogP contribution in [0.4, 0.5) is 5.69 Å². The van der Waals surface area contributed by atoms with Gasteiger partial charge in [-0.3, -0.25) is 9.90 Å². The van der Waals surface area contributed by atoms with Crippen LogP contribution in [0.5, 0.6) is 0 Å². The molecule has 1 saturated heterocycles. The van der Waals surface area contributed by atoms with Gasteiger partial charge in [0, 0.05) is 5.92 Å². The molecule has 4 atom stereocenters. The lowest BCUT2D eigenvalue weighted by molar-refractivity contribution is 0.0614. The molecule has 0 amide bonds. The Kier molecular flexibility index (Phi) is 6.59. The molecule has 1 heterocycles. The number of hydrogen-bond acceptors (Lipinski definition) is 4. The highest BCUT2D eigenvalue weighted by Gasteiger charge is 2.56. The Morgan fingerprint density at radius 1 is 0.968 bits per heavy atom. The topological polar surface area (TPSA) is 60.1 Å². The van der Waals surface area contributed by atoms with Crippen LogP contribution in [0.15, 0.2) is 60.7 Å². The van der Waals surface area contributed by atoms with Gasteiger partial charge >= 0.3 is 0 Å². The van der Waals surface area contributed by atoms with E-state index in [-0.39, 0.29) is 24.0 Å². The molecule has 1 aliphatic heterocycles. The van der Waals surface area contributed by atoms with Crippen LogP contribution in [0.3, 0.4) is 0 Å². The fourth-order valence-electron chi connectivity index (χ4n) is 5.46. The summed E-state index contributed by atoms with van der Waals surface area (Å²) in [7, 11) is 0. The summed E-state index contributed by atoms with van der Waals surface area (Å²) in [4.78, 5) is 6.57. The van der Waals surface area contributed by atoms with Crippen molar-refractivity contribution < 1.29 is 4.84 Å². The first-order valence-electron chi connectivity index (χ1n) is 11.6. The number of nitrogens with zero attached hydrogens (tertiary/aromatic N) is 3. The third-order valence-electron chi connectivity index (χ3n) is 7.14. The molecule has 2 aromatic rings. The van der Waals surface area contributed by atoms with Gasteiger partial charge in [-0.15, -0.1) is 0 Å². The third-order valence-corrected chi connectivity index (χ3v) is 7.14. The zero-order chi connectivity index (χ0) is 21.7. The van der Waals surface area contributed by atoms with E-state index in [1.807, 2.05) is 36.4 Å². The van der Waals surface area contributed by atoms with Crippen LogP contribution >= 0.6 is 0 Å². The van der Waals surface area contributed by atoms with Crippen molar-refractivity contribution in [2.45, 2.75) is 64.0 Å². The van der Waals surface area contributed by atoms with Crippen LogP contribution < -0.4 is 5.06 Å². The highest BCUT2D eigenvalue weighted by molar-refractivity contribution is 5.47. The third kappa shape index (κ3) is 4.18. The number of hydrogen-bond donors (Lipinski definition) is 0. The first-order valence-corrected chi connectivity index (χ1v) is 11.6. The normalized spacial score (nSPS) is 26.6. The van der Waals surface area contributed by atoms with Gasteiger partial charge in [0.15, 0.2) is 0 Å². The number of fused-ring (bicyclic) bond motifs is 1. The molecule has 0 unspecified atom stereocenters. The number of hydroxylamine groups is 1. The van der Waals surface area contributed by atoms with E-state index in [0.717, 1.165) is 30.5 Å². The van der Waals surface area contributed by atoms with Crippen molar-refractivity contribution >= 4 is 5.69 Å². The molecule has 1 aliphatic carbocycles. The Bertz CT molecular complexity index is 916. The van der Waals surface area contributed by atoms with E-state index in [1.165, 1.54) is 19.3 Å². The fourth-order valence-corrected chi connectivity index (χ4v) is 5.46. The maximum Gasteiger partial charge on any atom is 0.147 e. The first-order chi connectivity index (χ1) is 15.2. The molecule has 2 fully saturated rings. The predicted molar refractivity (Wildman–Crippen MR) is 122 cm³/mol. The van der Waals surface area contributed by atoms with Gasteiger partial charge in [-0.1, -0.05) is 81.1 Å². The average molecular weight is 414 g/mol. The summed E-state index contributed by atoms with van der Waals surface area (Å²) in [5.74, 6) is 0.179. The summed E-state index contributed by atoms with van der Waals surface area (Å²) in [6, 6.07) is 25.6. The molecule has 2 aromatic carbocycles. The number of rotatable bonds is 7. The number of unbranched alkanes of at least 4 members (excludes halogenated alkanes) is 3. The molecule has 0 spiro atoms. The summed E-state index contributed by atoms with van der Waals surface area (Å²) < 4.78 is 0. The summed E-state index contributed by atoms with van der Waals surface area (Å²) in [5, 5.41) is 22.4. The second-order valence-corrected chi connectivity index (χ2v) is 9.01. The Morgan fingerprint density at radius 2 is 1.65 bits per heavy atom. The van der Waals surface area contributed by atoms with Gasteiger partial charge in [0.05, 0.1) is 23.9 Å². The van der Waals surface area contributed by atoms with E-state index in [9.17, 15) is 10.5 Å². The Labute approximate surface area is 186 Å². The van der Waals surface area contributed by atoms with E-state index < -0.39 is 5.41 Å². The van der Waals surface area contributed by atoms with Gasteiger partial charge < -0.3 is 0 Å². The van der Waals surface area contributed by atoms with E-state index >= 15 is 0 Å². The zero-order valence-electron chi connectivity index (χ0n) is 18.3. The maximum absolute atomic E-state index is 10.1. The van der Waals surface area contributed by atoms with Crippen molar-refractivity contribution in [3.8, 4) is 12.1 Å². The second-order valence-electron chi connectivity index (χ2n) is 9.01. The molecular weight excluding hydrogens is 382 g/mol. The molecule has 4 rings (SSSR count). The summed E-state index contributed by atoms with van der Waals surface area (Å²) in [5.41, 5.74) is 1.22. The lowest BCUT2D eigenvalue weighted by atomic mass is 9.60. The van der Waals surface area contributed by atoms with Gasteiger partial charge in [0.1, 0.15) is 11.5 Å². The fraction of sp³-hybridized carbons (Fsp3) is 0.481.